The zero-order chi connectivity index (χ0) is 11.0. The molecule has 3 rings (SSSR count). The molecule has 0 saturated heterocycles. The minimum absolute atomic E-state index is 0.598. The van der Waals surface area contributed by atoms with Crippen LogP contribution in [-0.2, 0) is 6.54 Å². The van der Waals surface area contributed by atoms with Gasteiger partial charge in [-0.15, -0.1) is 10.2 Å². The molecule has 2 atom stereocenters. The Kier molecular flexibility index (Phi) is 2.67. The third-order valence-electron chi connectivity index (χ3n) is 3.88. The van der Waals surface area contributed by atoms with Crippen molar-refractivity contribution >= 4 is 0 Å². The molecule has 88 valence electrons. The first-order valence-corrected chi connectivity index (χ1v) is 6.43. The number of nitrogens with zero attached hydrogens (tertiary/aromatic N) is 2. The summed E-state index contributed by atoms with van der Waals surface area (Å²) in [6.45, 7) is 3.87. The molecule has 1 aromatic heterocycles. The SMILES string of the molecule is CCCNCc1nnc(C2C3CCCC32)o1. The molecule has 2 aliphatic carbocycles. The maximum Gasteiger partial charge on any atom is 0.230 e. The van der Waals surface area contributed by atoms with Crippen molar-refractivity contribution in [3.8, 4) is 0 Å². The average Bonchev–Trinajstić information content (AvgIpc) is 2.75. The smallest absolute Gasteiger partial charge is 0.230 e. The molecule has 1 aromatic rings. The van der Waals surface area contributed by atoms with E-state index in [1.54, 1.807) is 0 Å². The predicted octanol–water partition coefficient (Wildman–Crippen LogP) is 2.08. The number of hydrogen-bond donors (Lipinski definition) is 1. The Morgan fingerprint density at radius 2 is 2.12 bits per heavy atom. The second-order valence-corrected chi connectivity index (χ2v) is 5.00. The highest BCUT2D eigenvalue weighted by molar-refractivity contribution is 5.15. The Hall–Kier alpha value is -0.900. The van der Waals surface area contributed by atoms with Gasteiger partial charge in [0.05, 0.1) is 6.54 Å². The zero-order valence-electron chi connectivity index (χ0n) is 9.78. The highest BCUT2D eigenvalue weighted by Crippen LogP contribution is 2.62. The summed E-state index contributed by atoms with van der Waals surface area (Å²) < 4.78 is 5.71. The Labute approximate surface area is 95.8 Å². The minimum atomic E-state index is 0.598. The Morgan fingerprint density at radius 3 is 2.88 bits per heavy atom. The third kappa shape index (κ3) is 1.75. The molecule has 0 spiro atoms. The Morgan fingerprint density at radius 1 is 1.31 bits per heavy atom. The fourth-order valence-corrected chi connectivity index (χ4v) is 3.03. The highest BCUT2D eigenvalue weighted by atomic mass is 16.4. The van der Waals surface area contributed by atoms with Crippen molar-refractivity contribution in [2.45, 2.75) is 45.1 Å². The summed E-state index contributed by atoms with van der Waals surface area (Å²) in [7, 11) is 0. The third-order valence-corrected chi connectivity index (χ3v) is 3.88. The minimum Gasteiger partial charge on any atom is -0.424 e. The van der Waals surface area contributed by atoms with Gasteiger partial charge in [-0.3, -0.25) is 0 Å². The topological polar surface area (TPSA) is 51.0 Å². The summed E-state index contributed by atoms with van der Waals surface area (Å²) >= 11 is 0. The van der Waals surface area contributed by atoms with E-state index < -0.39 is 0 Å². The van der Waals surface area contributed by atoms with Crippen LogP contribution in [0.25, 0.3) is 0 Å². The van der Waals surface area contributed by atoms with E-state index in [2.05, 4.69) is 22.4 Å². The van der Waals surface area contributed by atoms with E-state index in [-0.39, 0.29) is 0 Å². The van der Waals surface area contributed by atoms with Crippen molar-refractivity contribution in [3.05, 3.63) is 11.8 Å². The average molecular weight is 221 g/mol. The van der Waals surface area contributed by atoms with Crippen molar-refractivity contribution in [1.82, 2.24) is 15.5 Å². The van der Waals surface area contributed by atoms with Gasteiger partial charge < -0.3 is 9.73 Å². The van der Waals surface area contributed by atoms with Crippen LogP contribution in [0.1, 0.15) is 50.3 Å². The van der Waals surface area contributed by atoms with E-state index in [9.17, 15) is 0 Å². The van der Waals surface area contributed by atoms with Crippen LogP contribution in [0.4, 0.5) is 0 Å². The number of nitrogens with one attached hydrogen (secondary N) is 1. The molecule has 2 unspecified atom stereocenters. The van der Waals surface area contributed by atoms with Gasteiger partial charge >= 0.3 is 0 Å². The number of rotatable bonds is 5. The van der Waals surface area contributed by atoms with E-state index in [0.29, 0.717) is 12.5 Å². The molecule has 0 bridgehead atoms. The van der Waals surface area contributed by atoms with Crippen LogP contribution in [0.2, 0.25) is 0 Å². The van der Waals surface area contributed by atoms with Gasteiger partial charge in [0, 0.05) is 5.92 Å². The van der Waals surface area contributed by atoms with Crippen LogP contribution < -0.4 is 5.32 Å². The van der Waals surface area contributed by atoms with Crippen molar-refractivity contribution in [2.75, 3.05) is 6.54 Å². The summed E-state index contributed by atoms with van der Waals surface area (Å²) in [5.74, 6) is 3.95. The molecule has 2 saturated carbocycles. The van der Waals surface area contributed by atoms with Crippen LogP contribution in [0.15, 0.2) is 4.42 Å². The monoisotopic (exact) mass is 221 g/mol. The molecule has 4 nitrogen and oxygen atoms in total. The fraction of sp³-hybridized carbons (Fsp3) is 0.833. The predicted molar refractivity (Wildman–Crippen MR) is 59.9 cm³/mol. The second-order valence-electron chi connectivity index (χ2n) is 5.00. The fourth-order valence-electron chi connectivity index (χ4n) is 3.03. The van der Waals surface area contributed by atoms with Crippen molar-refractivity contribution < 1.29 is 4.42 Å². The zero-order valence-corrected chi connectivity index (χ0v) is 9.78. The van der Waals surface area contributed by atoms with Gasteiger partial charge in [0.15, 0.2) is 0 Å². The number of fused-ring (bicyclic) bond motifs is 1. The molecule has 16 heavy (non-hydrogen) atoms. The molecule has 1 N–H and O–H groups in total. The van der Waals surface area contributed by atoms with E-state index in [1.165, 1.54) is 19.3 Å². The first kappa shape index (κ1) is 10.3. The lowest BCUT2D eigenvalue weighted by atomic mass is 10.1. The number of aromatic nitrogens is 2. The molecule has 0 radical (unpaired) electrons. The maximum atomic E-state index is 5.71. The molecular formula is C12H19N3O. The van der Waals surface area contributed by atoms with Crippen molar-refractivity contribution in [2.24, 2.45) is 11.8 Å². The lowest BCUT2D eigenvalue weighted by Crippen LogP contribution is -2.13. The maximum absolute atomic E-state index is 5.71. The second kappa shape index (κ2) is 4.17. The van der Waals surface area contributed by atoms with Crippen LogP contribution in [0.3, 0.4) is 0 Å². The molecule has 1 heterocycles. The summed E-state index contributed by atoms with van der Waals surface area (Å²) in [6, 6.07) is 0. The molecule has 2 aliphatic rings. The summed E-state index contributed by atoms with van der Waals surface area (Å²) in [5, 5.41) is 11.6. The molecule has 0 aromatic carbocycles. The quantitative estimate of drug-likeness (QED) is 0.773. The van der Waals surface area contributed by atoms with Gasteiger partial charge in [0.2, 0.25) is 11.8 Å². The lowest BCUT2D eigenvalue weighted by molar-refractivity contribution is 0.419. The molecule has 4 heteroatoms. The van der Waals surface area contributed by atoms with Gasteiger partial charge in [-0.1, -0.05) is 13.3 Å². The Balaban J connectivity index is 1.57. The summed E-state index contributed by atoms with van der Waals surface area (Å²) in [4.78, 5) is 0. The standard InChI is InChI=1S/C12H19N3O/c1-2-6-13-7-10-14-15-12(16-10)11-8-4-3-5-9(8)11/h8-9,11,13H,2-7H2,1H3. The largest absolute Gasteiger partial charge is 0.424 e. The van der Waals surface area contributed by atoms with Crippen molar-refractivity contribution in [1.29, 1.82) is 0 Å². The van der Waals surface area contributed by atoms with Gasteiger partial charge in [0.1, 0.15) is 0 Å². The van der Waals surface area contributed by atoms with E-state index in [1.807, 2.05) is 0 Å². The van der Waals surface area contributed by atoms with Gasteiger partial charge in [0.25, 0.3) is 0 Å². The van der Waals surface area contributed by atoms with E-state index in [0.717, 1.165) is 36.6 Å². The molecule has 0 amide bonds. The normalized spacial score (nSPS) is 31.7. The number of hydrogen-bond acceptors (Lipinski definition) is 4. The molecule has 2 fully saturated rings. The molecular weight excluding hydrogens is 202 g/mol. The van der Waals surface area contributed by atoms with Crippen LogP contribution in [-0.4, -0.2) is 16.7 Å². The van der Waals surface area contributed by atoms with E-state index >= 15 is 0 Å². The lowest BCUT2D eigenvalue weighted by Gasteiger charge is -1.97. The first-order valence-electron chi connectivity index (χ1n) is 6.43. The van der Waals surface area contributed by atoms with Crippen LogP contribution in [0, 0.1) is 11.8 Å². The Bertz CT molecular complexity index is 353. The van der Waals surface area contributed by atoms with Gasteiger partial charge in [-0.25, -0.2) is 0 Å². The molecule has 0 aliphatic heterocycles. The van der Waals surface area contributed by atoms with Gasteiger partial charge in [-0.2, -0.15) is 0 Å². The van der Waals surface area contributed by atoms with Crippen molar-refractivity contribution in [3.63, 3.8) is 0 Å². The summed E-state index contributed by atoms with van der Waals surface area (Å²) in [5.41, 5.74) is 0. The van der Waals surface area contributed by atoms with Gasteiger partial charge in [-0.05, 0) is 37.6 Å². The first-order chi connectivity index (χ1) is 7.90. The summed E-state index contributed by atoms with van der Waals surface area (Å²) in [6.07, 6.45) is 5.25. The van der Waals surface area contributed by atoms with Crippen LogP contribution >= 0.6 is 0 Å². The van der Waals surface area contributed by atoms with Crippen LogP contribution in [0.5, 0.6) is 0 Å². The highest BCUT2D eigenvalue weighted by Gasteiger charge is 2.56. The van der Waals surface area contributed by atoms with E-state index in [4.69, 9.17) is 4.42 Å².